The molecule has 0 atom stereocenters. The van der Waals surface area contributed by atoms with Crippen molar-refractivity contribution in [3.05, 3.63) is 11.6 Å². The van der Waals surface area contributed by atoms with E-state index in [1.807, 2.05) is 0 Å². The molecule has 0 saturated heterocycles. The second-order valence-corrected chi connectivity index (χ2v) is 4.92. The zero-order valence-electron chi connectivity index (χ0n) is 11.6. The molecule has 3 nitrogen and oxygen atoms in total. The van der Waals surface area contributed by atoms with Gasteiger partial charge in [-0.05, 0) is 52.9 Å². The molecule has 0 bridgehead atoms. The fraction of sp³-hybridized carbons (Fsp3) is 0.786. The third-order valence-electron chi connectivity index (χ3n) is 2.86. The highest BCUT2D eigenvalue weighted by atomic mass is 15.2. The van der Waals surface area contributed by atoms with E-state index in [1.54, 1.807) is 5.57 Å². The summed E-state index contributed by atoms with van der Waals surface area (Å²) in [7, 11) is 0. The lowest BCUT2D eigenvalue weighted by atomic mass is 9.97. The normalized spacial score (nSPS) is 16.9. The highest BCUT2D eigenvalue weighted by molar-refractivity contribution is 5.79. The Labute approximate surface area is 106 Å². The zero-order chi connectivity index (χ0) is 12.5. The van der Waals surface area contributed by atoms with Gasteiger partial charge in [-0.25, -0.2) is 0 Å². The van der Waals surface area contributed by atoms with Gasteiger partial charge in [0.15, 0.2) is 5.96 Å². The molecule has 0 aromatic rings. The van der Waals surface area contributed by atoms with E-state index in [2.05, 4.69) is 42.5 Å². The van der Waals surface area contributed by atoms with Crippen LogP contribution in [0, 0.1) is 0 Å². The smallest absolute Gasteiger partial charge is 0.191 e. The number of allylic oxidation sites excluding steroid dienone is 1. The molecule has 0 unspecified atom stereocenters. The van der Waals surface area contributed by atoms with E-state index in [4.69, 9.17) is 0 Å². The Morgan fingerprint density at radius 2 is 2.24 bits per heavy atom. The monoisotopic (exact) mass is 237 g/mol. The first-order valence-corrected chi connectivity index (χ1v) is 6.95. The summed E-state index contributed by atoms with van der Waals surface area (Å²) in [5.41, 5.74) is 1.60. The quantitative estimate of drug-likeness (QED) is 0.438. The summed E-state index contributed by atoms with van der Waals surface area (Å²) in [6.07, 6.45) is 8.80. The van der Waals surface area contributed by atoms with Crippen molar-refractivity contribution in [1.82, 2.24) is 10.6 Å². The number of rotatable bonds is 5. The van der Waals surface area contributed by atoms with Gasteiger partial charge in [0.25, 0.3) is 0 Å². The number of nitrogens with zero attached hydrogens (tertiary/aromatic N) is 1. The van der Waals surface area contributed by atoms with Gasteiger partial charge in [-0.3, -0.25) is 4.99 Å². The van der Waals surface area contributed by atoms with Crippen LogP contribution in [0.4, 0.5) is 0 Å². The van der Waals surface area contributed by atoms with Crippen LogP contribution in [-0.2, 0) is 0 Å². The maximum absolute atomic E-state index is 4.60. The highest BCUT2D eigenvalue weighted by Gasteiger charge is 2.03. The largest absolute Gasteiger partial charge is 0.357 e. The molecule has 0 aromatic carbocycles. The van der Waals surface area contributed by atoms with Gasteiger partial charge in [0, 0.05) is 19.1 Å². The van der Waals surface area contributed by atoms with Crippen molar-refractivity contribution in [3.63, 3.8) is 0 Å². The van der Waals surface area contributed by atoms with E-state index in [0.29, 0.717) is 6.04 Å². The molecule has 3 heteroatoms. The summed E-state index contributed by atoms with van der Waals surface area (Å²) in [5, 5.41) is 6.61. The lowest BCUT2D eigenvalue weighted by Gasteiger charge is -2.15. The van der Waals surface area contributed by atoms with E-state index >= 15 is 0 Å². The van der Waals surface area contributed by atoms with Crippen LogP contribution in [0.15, 0.2) is 16.6 Å². The van der Waals surface area contributed by atoms with Crippen LogP contribution in [0.2, 0.25) is 0 Å². The van der Waals surface area contributed by atoms with E-state index in [9.17, 15) is 0 Å². The Morgan fingerprint density at radius 1 is 1.41 bits per heavy atom. The van der Waals surface area contributed by atoms with Crippen molar-refractivity contribution >= 4 is 5.96 Å². The Hall–Kier alpha value is -0.990. The minimum Gasteiger partial charge on any atom is -0.357 e. The average Bonchev–Trinajstić information content (AvgIpc) is 2.30. The molecule has 98 valence electrons. The molecule has 1 rings (SSSR count). The van der Waals surface area contributed by atoms with Gasteiger partial charge in [-0.15, -0.1) is 0 Å². The highest BCUT2D eigenvalue weighted by Crippen LogP contribution is 2.19. The average molecular weight is 237 g/mol. The first-order valence-electron chi connectivity index (χ1n) is 6.95. The fourth-order valence-electron chi connectivity index (χ4n) is 2.04. The van der Waals surface area contributed by atoms with Crippen LogP contribution in [0.25, 0.3) is 0 Å². The molecule has 2 N–H and O–H groups in total. The van der Waals surface area contributed by atoms with Crippen LogP contribution in [-0.4, -0.2) is 25.1 Å². The molecule has 0 fully saturated rings. The minimum absolute atomic E-state index is 0.432. The lowest BCUT2D eigenvalue weighted by molar-refractivity contribution is 0.670. The summed E-state index contributed by atoms with van der Waals surface area (Å²) in [6, 6.07) is 0.432. The Kier molecular flexibility index (Phi) is 6.75. The maximum Gasteiger partial charge on any atom is 0.191 e. The molecule has 0 aliphatic heterocycles. The predicted molar refractivity (Wildman–Crippen MR) is 75.4 cm³/mol. The Morgan fingerprint density at radius 3 is 2.82 bits per heavy atom. The summed E-state index contributed by atoms with van der Waals surface area (Å²) in [6.45, 7) is 8.18. The number of hydrogen-bond donors (Lipinski definition) is 2. The third-order valence-corrected chi connectivity index (χ3v) is 2.86. The molecular formula is C14H27N3. The van der Waals surface area contributed by atoms with Crippen molar-refractivity contribution in [2.24, 2.45) is 4.99 Å². The van der Waals surface area contributed by atoms with Crippen molar-refractivity contribution in [2.75, 3.05) is 13.1 Å². The topological polar surface area (TPSA) is 36.4 Å². The summed E-state index contributed by atoms with van der Waals surface area (Å²) >= 11 is 0. The van der Waals surface area contributed by atoms with Gasteiger partial charge in [0.05, 0.1) is 0 Å². The number of guanidine groups is 1. The van der Waals surface area contributed by atoms with Crippen molar-refractivity contribution in [3.8, 4) is 0 Å². The molecule has 0 heterocycles. The van der Waals surface area contributed by atoms with E-state index < -0.39 is 0 Å². The molecule has 0 radical (unpaired) electrons. The number of nitrogens with one attached hydrogen (secondary N) is 2. The SMILES string of the molecule is CCNC(=NCCC1=CCCCC1)NC(C)C. The predicted octanol–water partition coefficient (Wildman–Crippen LogP) is 2.84. The van der Waals surface area contributed by atoms with Gasteiger partial charge in [0.2, 0.25) is 0 Å². The fourth-order valence-corrected chi connectivity index (χ4v) is 2.04. The van der Waals surface area contributed by atoms with Crippen LogP contribution in [0.3, 0.4) is 0 Å². The number of aliphatic imine (C=N–C) groups is 1. The first kappa shape index (κ1) is 14.1. The lowest BCUT2D eigenvalue weighted by Crippen LogP contribution is -2.41. The van der Waals surface area contributed by atoms with Crippen molar-refractivity contribution < 1.29 is 0 Å². The molecule has 0 amide bonds. The minimum atomic E-state index is 0.432. The zero-order valence-corrected chi connectivity index (χ0v) is 11.6. The molecular weight excluding hydrogens is 210 g/mol. The van der Waals surface area contributed by atoms with Crippen molar-refractivity contribution in [2.45, 2.75) is 58.9 Å². The van der Waals surface area contributed by atoms with Crippen LogP contribution >= 0.6 is 0 Å². The molecule has 0 aromatic heterocycles. The first-order chi connectivity index (χ1) is 8.22. The Bertz CT molecular complexity index is 267. The molecule has 17 heavy (non-hydrogen) atoms. The summed E-state index contributed by atoms with van der Waals surface area (Å²) in [4.78, 5) is 4.60. The standard InChI is InChI=1S/C14H27N3/c1-4-15-14(17-12(2)3)16-11-10-13-8-6-5-7-9-13/h8,12H,4-7,9-11H2,1-3H3,(H2,15,16,17). The van der Waals surface area contributed by atoms with E-state index in [-0.39, 0.29) is 0 Å². The van der Waals surface area contributed by atoms with Gasteiger partial charge in [-0.2, -0.15) is 0 Å². The summed E-state index contributed by atoms with van der Waals surface area (Å²) in [5.74, 6) is 0.943. The second-order valence-electron chi connectivity index (χ2n) is 4.92. The van der Waals surface area contributed by atoms with E-state index in [1.165, 1.54) is 25.7 Å². The molecule has 1 aliphatic carbocycles. The van der Waals surface area contributed by atoms with Gasteiger partial charge < -0.3 is 10.6 Å². The van der Waals surface area contributed by atoms with Gasteiger partial charge in [0.1, 0.15) is 0 Å². The second kappa shape index (κ2) is 8.15. The third kappa shape index (κ3) is 6.35. The van der Waals surface area contributed by atoms with Crippen LogP contribution in [0.5, 0.6) is 0 Å². The molecule has 1 aliphatic rings. The Balaban J connectivity index is 2.34. The van der Waals surface area contributed by atoms with Crippen LogP contribution in [0.1, 0.15) is 52.9 Å². The number of hydrogen-bond acceptors (Lipinski definition) is 1. The van der Waals surface area contributed by atoms with Gasteiger partial charge >= 0.3 is 0 Å². The molecule has 0 saturated carbocycles. The molecule has 0 spiro atoms. The van der Waals surface area contributed by atoms with Crippen molar-refractivity contribution in [1.29, 1.82) is 0 Å². The summed E-state index contributed by atoms with van der Waals surface area (Å²) < 4.78 is 0. The maximum atomic E-state index is 4.60. The van der Waals surface area contributed by atoms with E-state index in [0.717, 1.165) is 25.5 Å². The van der Waals surface area contributed by atoms with Crippen LogP contribution < -0.4 is 10.6 Å². The van der Waals surface area contributed by atoms with Gasteiger partial charge in [-0.1, -0.05) is 11.6 Å².